The summed E-state index contributed by atoms with van der Waals surface area (Å²) in [5, 5.41) is 3.67. The predicted octanol–water partition coefficient (Wildman–Crippen LogP) is 4.87. The Morgan fingerprint density at radius 3 is 2.07 bits per heavy atom. The fourth-order valence-corrected chi connectivity index (χ4v) is 2.78. The topological polar surface area (TPSA) is 42.2 Å². The monoisotopic (exact) mass is 391 g/mol. The fraction of sp³-hybridized carbons (Fsp3) is 0.412. The Balaban J connectivity index is 1.80. The van der Waals surface area contributed by atoms with Crippen molar-refractivity contribution in [3.63, 3.8) is 0 Å². The Morgan fingerprint density at radius 1 is 0.926 bits per heavy atom. The molecule has 0 N–H and O–H groups in total. The summed E-state index contributed by atoms with van der Waals surface area (Å²) < 4.78 is 82.2. The first-order valence-electron chi connectivity index (χ1n) is 8.14. The summed E-state index contributed by atoms with van der Waals surface area (Å²) in [5.74, 6) is 0.423. The Morgan fingerprint density at radius 2 is 1.52 bits per heavy atom. The first-order valence-corrected chi connectivity index (χ1v) is 8.14. The SMILES string of the molecule is FC(F)(F)c1cc(C=Cc2noc(CN3CCCC3)n2)cc(C(F)(F)F)c1. The average molecular weight is 391 g/mol. The molecule has 0 bridgehead atoms. The normalized spacial score (nSPS) is 16.5. The van der Waals surface area contributed by atoms with Crippen LogP contribution in [0.2, 0.25) is 0 Å². The van der Waals surface area contributed by atoms with Crippen LogP contribution in [0.15, 0.2) is 22.7 Å². The van der Waals surface area contributed by atoms with Crippen molar-refractivity contribution in [2.75, 3.05) is 13.1 Å². The van der Waals surface area contributed by atoms with E-state index >= 15 is 0 Å². The van der Waals surface area contributed by atoms with E-state index in [2.05, 4.69) is 15.0 Å². The van der Waals surface area contributed by atoms with Crippen LogP contribution in [0.5, 0.6) is 0 Å². The number of hydrogen-bond acceptors (Lipinski definition) is 4. The molecule has 1 aliphatic heterocycles. The molecule has 1 aromatic carbocycles. The van der Waals surface area contributed by atoms with E-state index in [1.165, 1.54) is 6.08 Å². The van der Waals surface area contributed by atoms with Crippen LogP contribution >= 0.6 is 0 Å². The van der Waals surface area contributed by atoms with Gasteiger partial charge in [-0.25, -0.2) is 0 Å². The molecule has 0 atom stereocenters. The summed E-state index contributed by atoms with van der Waals surface area (Å²) in [7, 11) is 0. The zero-order valence-electron chi connectivity index (χ0n) is 13.9. The van der Waals surface area contributed by atoms with Crippen LogP contribution in [0, 0.1) is 0 Å². The highest BCUT2D eigenvalue weighted by molar-refractivity contribution is 5.67. The largest absolute Gasteiger partial charge is 0.416 e. The first kappa shape index (κ1) is 19.4. The molecule has 1 aliphatic rings. The third-order valence-corrected chi connectivity index (χ3v) is 4.08. The van der Waals surface area contributed by atoms with E-state index in [4.69, 9.17) is 4.52 Å². The van der Waals surface area contributed by atoms with Gasteiger partial charge in [0.25, 0.3) is 0 Å². The van der Waals surface area contributed by atoms with Crippen molar-refractivity contribution in [2.24, 2.45) is 0 Å². The highest BCUT2D eigenvalue weighted by Gasteiger charge is 2.36. The van der Waals surface area contributed by atoms with Gasteiger partial charge in [0.2, 0.25) is 5.89 Å². The molecule has 1 aromatic heterocycles. The van der Waals surface area contributed by atoms with E-state index in [0.717, 1.165) is 32.0 Å². The summed E-state index contributed by atoms with van der Waals surface area (Å²) in [6, 6.07) is 1.35. The molecule has 0 radical (unpaired) electrons. The van der Waals surface area contributed by atoms with Gasteiger partial charge in [-0.2, -0.15) is 31.3 Å². The van der Waals surface area contributed by atoms with Crippen LogP contribution in [-0.2, 0) is 18.9 Å². The average Bonchev–Trinajstić information content (AvgIpc) is 3.23. The molecule has 27 heavy (non-hydrogen) atoms. The summed E-state index contributed by atoms with van der Waals surface area (Å²) in [6.45, 7) is 2.29. The minimum absolute atomic E-state index is 0.0789. The first-order chi connectivity index (χ1) is 12.6. The highest BCUT2D eigenvalue weighted by atomic mass is 19.4. The van der Waals surface area contributed by atoms with Gasteiger partial charge >= 0.3 is 12.4 Å². The predicted molar refractivity (Wildman–Crippen MR) is 84.2 cm³/mol. The fourth-order valence-electron chi connectivity index (χ4n) is 2.78. The van der Waals surface area contributed by atoms with Crippen LogP contribution in [0.4, 0.5) is 26.3 Å². The number of benzene rings is 1. The van der Waals surface area contributed by atoms with Gasteiger partial charge in [-0.3, -0.25) is 4.90 Å². The molecule has 2 aromatic rings. The van der Waals surface area contributed by atoms with Crippen LogP contribution in [0.3, 0.4) is 0 Å². The molecule has 0 unspecified atom stereocenters. The zero-order valence-corrected chi connectivity index (χ0v) is 13.9. The molecular formula is C17H15F6N3O. The molecule has 2 heterocycles. The maximum Gasteiger partial charge on any atom is 0.416 e. The van der Waals surface area contributed by atoms with Crippen LogP contribution in [0.1, 0.15) is 41.2 Å². The molecule has 3 rings (SSSR count). The number of rotatable bonds is 4. The van der Waals surface area contributed by atoms with Crippen molar-refractivity contribution >= 4 is 12.2 Å². The molecule has 4 nitrogen and oxygen atoms in total. The van der Waals surface area contributed by atoms with E-state index in [1.807, 2.05) is 0 Å². The van der Waals surface area contributed by atoms with Gasteiger partial charge in [-0.15, -0.1) is 0 Å². The van der Waals surface area contributed by atoms with Gasteiger partial charge in [0.1, 0.15) is 0 Å². The molecule has 1 fully saturated rings. The lowest BCUT2D eigenvalue weighted by molar-refractivity contribution is -0.143. The van der Waals surface area contributed by atoms with Crippen molar-refractivity contribution in [3.8, 4) is 0 Å². The number of nitrogens with zero attached hydrogens (tertiary/aromatic N) is 3. The van der Waals surface area contributed by atoms with Gasteiger partial charge < -0.3 is 4.52 Å². The summed E-state index contributed by atoms with van der Waals surface area (Å²) >= 11 is 0. The number of alkyl halides is 6. The molecule has 1 saturated heterocycles. The summed E-state index contributed by atoms with van der Waals surface area (Å²) in [4.78, 5) is 6.19. The minimum atomic E-state index is -4.89. The second-order valence-corrected chi connectivity index (χ2v) is 6.20. The molecule has 0 aliphatic carbocycles. The summed E-state index contributed by atoms with van der Waals surface area (Å²) in [5.41, 5.74) is -3.01. The van der Waals surface area contributed by atoms with Gasteiger partial charge in [0.05, 0.1) is 17.7 Å². The smallest absolute Gasteiger partial charge is 0.338 e. The standard InChI is InChI=1S/C17H15F6N3O/c18-16(19,20)12-7-11(8-13(9-12)17(21,22)23)3-4-14-24-15(27-25-14)10-26-5-1-2-6-26/h3-4,7-9H,1-2,5-6,10H2. The van der Waals surface area contributed by atoms with Crippen molar-refractivity contribution in [3.05, 3.63) is 46.6 Å². The third kappa shape index (κ3) is 5.09. The van der Waals surface area contributed by atoms with Crippen molar-refractivity contribution < 1.29 is 30.9 Å². The maximum atomic E-state index is 12.9. The van der Waals surface area contributed by atoms with E-state index in [1.54, 1.807) is 0 Å². The number of likely N-dealkylation sites (tertiary alicyclic amines) is 1. The van der Waals surface area contributed by atoms with Gasteiger partial charge in [-0.05, 0) is 55.8 Å². The number of aromatic nitrogens is 2. The molecule has 0 amide bonds. The summed E-state index contributed by atoms with van der Waals surface area (Å²) in [6.07, 6.45) is -5.31. The van der Waals surface area contributed by atoms with E-state index in [-0.39, 0.29) is 17.5 Å². The van der Waals surface area contributed by atoms with Gasteiger partial charge in [0.15, 0.2) is 5.82 Å². The zero-order chi connectivity index (χ0) is 19.7. The van der Waals surface area contributed by atoms with Crippen LogP contribution in [0.25, 0.3) is 12.2 Å². The van der Waals surface area contributed by atoms with E-state index in [9.17, 15) is 26.3 Å². The molecule has 0 spiro atoms. The van der Waals surface area contributed by atoms with Crippen molar-refractivity contribution in [1.29, 1.82) is 0 Å². The molecule has 10 heteroatoms. The van der Waals surface area contributed by atoms with Crippen molar-refractivity contribution in [1.82, 2.24) is 15.0 Å². The van der Waals surface area contributed by atoms with Gasteiger partial charge in [-0.1, -0.05) is 11.2 Å². The van der Waals surface area contributed by atoms with Gasteiger partial charge in [0, 0.05) is 0 Å². The lowest BCUT2D eigenvalue weighted by Crippen LogP contribution is -2.18. The van der Waals surface area contributed by atoms with E-state index in [0.29, 0.717) is 24.6 Å². The lowest BCUT2D eigenvalue weighted by Gasteiger charge is -2.12. The van der Waals surface area contributed by atoms with Crippen LogP contribution < -0.4 is 0 Å². The van der Waals surface area contributed by atoms with E-state index < -0.39 is 23.5 Å². The number of hydrogen-bond donors (Lipinski definition) is 0. The lowest BCUT2D eigenvalue weighted by atomic mass is 10.0. The Hall–Kier alpha value is -2.36. The molecule has 146 valence electrons. The Labute approximate surface area is 150 Å². The quantitative estimate of drug-likeness (QED) is 0.698. The maximum absolute atomic E-state index is 12.9. The van der Waals surface area contributed by atoms with Crippen molar-refractivity contribution in [2.45, 2.75) is 31.7 Å². The minimum Gasteiger partial charge on any atom is -0.338 e. The second kappa shape index (κ2) is 7.34. The molecular weight excluding hydrogens is 376 g/mol. The second-order valence-electron chi connectivity index (χ2n) is 6.20. The highest BCUT2D eigenvalue weighted by Crippen LogP contribution is 2.36. The molecule has 0 saturated carbocycles. The number of halogens is 6. The van der Waals surface area contributed by atoms with Crippen LogP contribution in [-0.4, -0.2) is 28.1 Å². The Bertz CT molecular complexity index is 787. The Kier molecular flexibility index (Phi) is 5.27. The third-order valence-electron chi connectivity index (χ3n) is 4.08.